The molecule has 3 aliphatic heterocycles. The van der Waals surface area contributed by atoms with Crippen LogP contribution in [0.3, 0.4) is 0 Å². The van der Waals surface area contributed by atoms with Crippen LogP contribution in [0.15, 0.2) is 11.6 Å². The van der Waals surface area contributed by atoms with Crippen molar-refractivity contribution in [2.45, 2.75) is 83.5 Å². The van der Waals surface area contributed by atoms with Crippen LogP contribution in [0.25, 0.3) is 0 Å². The van der Waals surface area contributed by atoms with Gasteiger partial charge in [-0.2, -0.15) is 0 Å². The van der Waals surface area contributed by atoms with Crippen LogP contribution in [0.1, 0.15) is 47.5 Å². The molecule has 0 aromatic carbocycles. The molecule has 2 saturated heterocycles. The van der Waals surface area contributed by atoms with E-state index in [1.165, 1.54) is 0 Å². The molecule has 31 heavy (non-hydrogen) atoms. The summed E-state index contributed by atoms with van der Waals surface area (Å²) < 4.78 is 23.5. The van der Waals surface area contributed by atoms with Crippen molar-refractivity contribution in [2.75, 3.05) is 14.1 Å². The van der Waals surface area contributed by atoms with E-state index in [4.69, 9.17) is 18.9 Å². The predicted molar refractivity (Wildman–Crippen MR) is 110 cm³/mol. The number of carbonyl (C=O) groups is 3. The van der Waals surface area contributed by atoms with Crippen molar-refractivity contribution in [3.05, 3.63) is 11.6 Å². The highest BCUT2D eigenvalue weighted by atomic mass is 16.6. The van der Waals surface area contributed by atoms with Gasteiger partial charge in [-0.25, -0.2) is 4.79 Å². The lowest BCUT2D eigenvalue weighted by Crippen LogP contribution is -2.49. The second-order valence-electron chi connectivity index (χ2n) is 11.0. The Morgan fingerprint density at radius 3 is 2.55 bits per heavy atom. The van der Waals surface area contributed by atoms with Gasteiger partial charge in [-0.3, -0.25) is 14.5 Å². The smallest absolute Gasteiger partial charge is 0.336 e. The molecule has 4 rings (SSSR count). The number of hydrogen-bond acceptors (Lipinski definition) is 8. The summed E-state index contributed by atoms with van der Waals surface area (Å²) in [5.74, 6) is -1.71. The average molecular weight is 436 g/mol. The van der Waals surface area contributed by atoms with Gasteiger partial charge in [-0.15, -0.1) is 0 Å². The number of rotatable bonds is 3. The molecular weight excluding hydrogens is 402 g/mol. The van der Waals surface area contributed by atoms with Gasteiger partial charge in [0.15, 0.2) is 6.10 Å². The molecule has 0 aromatic rings. The minimum atomic E-state index is -0.682. The lowest BCUT2D eigenvalue weighted by Gasteiger charge is -2.33. The van der Waals surface area contributed by atoms with E-state index in [1.807, 2.05) is 53.6 Å². The number of nitrogens with zero attached hydrogens (tertiary/aromatic N) is 1. The Bertz CT molecular complexity index is 828. The molecule has 0 radical (unpaired) electrons. The predicted octanol–water partition coefficient (Wildman–Crippen LogP) is 1.86. The minimum Gasteiger partial charge on any atom is -0.462 e. The number of epoxide rings is 1. The first-order chi connectivity index (χ1) is 14.3. The molecule has 172 valence electrons. The summed E-state index contributed by atoms with van der Waals surface area (Å²) in [7, 11) is 3.69. The molecule has 3 heterocycles. The summed E-state index contributed by atoms with van der Waals surface area (Å²) in [5, 5.41) is 0. The monoisotopic (exact) mass is 435 g/mol. The van der Waals surface area contributed by atoms with Gasteiger partial charge in [-0.05, 0) is 32.5 Å². The summed E-state index contributed by atoms with van der Waals surface area (Å²) in [4.78, 5) is 39.9. The Kier molecular flexibility index (Phi) is 5.25. The molecule has 8 atom stereocenters. The maximum Gasteiger partial charge on any atom is 0.336 e. The van der Waals surface area contributed by atoms with E-state index in [0.717, 1.165) is 0 Å². The zero-order chi connectivity index (χ0) is 22.9. The molecule has 0 aromatic heterocycles. The fourth-order valence-corrected chi connectivity index (χ4v) is 5.27. The Morgan fingerprint density at radius 2 is 1.94 bits per heavy atom. The number of fused-ring (bicyclic) bond motifs is 4. The van der Waals surface area contributed by atoms with Crippen molar-refractivity contribution < 1.29 is 33.3 Å². The van der Waals surface area contributed by atoms with Gasteiger partial charge >= 0.3 is 17.9 Å². The highest BCUT2D eigenvalue weighted by molar-refractivity contribution is 5.93. The summed E-state index contributed by atoms with van der Waals surface area (Å²) >= 11 is 0. The molecule has 2 bridgehead atoms. The van der Waals surface area contributed by atoms with E-state index in [9.17, 15) is 14.4 Å². The topological polar surface area (TPSA) is 94.7 Å². The lowest BCUT2D eigenvalue weighted by atomic mass is 9.79. The standard InChI is InChI=1S/C23H33NO7/c1-11-16-13-8-12(21(27)28-13)17(24(6)7)18(30-15(25)10-22(2,3)4)19-23(5,31-19)9-14(16)29-20(11)26/h8,11,13-14,16-19H,9-10H2,1-7H3. The zero-order valence-corrected chi connectivity index (χ0v) is 19.3. The molecule has 1 aliphatic carbocycles. The summed E-state index contributed by atoms with van der Waals surface area (Å²) in [6.07, 6.45) is 0.429. The molecule has 8 unspecified atom stereocenters. The summed E-state index contributed by atoms with van der Waals surface area (Å²) in [5.41, 5.74) is -0.408. The summed E-state index contributed by atoms with van der Waals surface area (Å²) in [6, 6.07) is -0.516. The largest absolute Gasteiger partial charge is 0.462 e. The normalized spacial score (nSPS) is 41.7. The van der Waals surface area contributed by atoms with Crippen molar-refractivity contribution in [3.63, 3.8) is 0 Å². The number of esters is 3. The van der Waals surface area contributed by atoms with Gasteiger partial charge in [0.2, 0.25) is 0 Å². The second-order valence-corrected chi connectivity index (χ2v) is 11.0. The lowest BCUT2D eigenvalue weighted by molar-refractivity contribution is -0.156. The molecule has 8 heteroatoms. The van der Waals surface area contributed by atoms with Crippen molar-refractivity contribution in [1.82, 2.24) is 4.90 Å². The van der Waals surface area contributed by atoms with Crippen molar-refractivity contribution in [3.8, 4) is 0 Å². The maximum absolute atomic E-state index is 12.9. The van der Waals surface area contributed by atoms with Crippen molar-refractivity contribution >= 4 is 17.9 Å². The van der Waals surface area contributed by atoms with Gasteiger partial charge in [0.25, 0.3) is 0 Å². The van der Waals surface area contributed by atoms with Gasteiger partial charge < -0.3 is 18.9 Å². The van der Waals surface area contributed by atoms with Gasteiger partial charge in [0.05, 0.1) is 29.6 Å². The van der Waals surface area contributed by atoms with Crippen LogP contribution in [0, 0.1) is 17.3 Å². The maximum atomic E-state index is 12.9. The molecular formula is C23H33NO7. The fourth-order valence-electron chi connectivity index (χ4n) is 5.27. The first kappa shape index (κ1) is 22.3. The quantitative estimate of drug-likeness (QED) is 0.377. The van der Waals surface area contributed by atoms with Gasteiger partial charge in [0.1, 0.15) is 18.3 Å². The van der Waals surface area contributed by atoms with Crippen molar-refractivity contribution in [2.24, 2.45) is 17.3 Å². The third-order valence-electron chi connectivity index (χ3n) is 6.82. The van der Waals surface area contributed by atoms with Crippen LogP contribution in [0.2, 0.25) is 0 Å². The molecule has 0 spiro atoms. The molecule has 0 N–H and O–H groups in total. The average Bonchev–Trinajstić information content (AvgIpc) is 3.00. The van der Waals surface area contributed by atoms with Crippen LogP contribution in [-0.4, -0.2) is 73.0 Å². The fraction of sp³-hybridized carbons (Fsp3) is 0.783. The number of ether oxygens (including phenoxy) is 4. The van der Waals surface area contributed by atoms with Crippen LogP contribution < -0.4 is 0 Å². The van der Waals surface area contributed by atoms with E-state index >= 15 is 0 Å². The Morgan fingerprint density at radius 1 is 1.26 bits per heavy atom. The molecule has 2 fully saturated rings. The van der Waals surface area contributed by atoms with Crippen LogP contribution in [-0.2, 0) is 33.3 Å². The van der Waals surface area contributed by atoms with E-state index < -0.39 is 42.0 Å². The van der Waals surface area contributed by atoms with Gasteiger partial charge in [0, 0.05) is 12.3 Å². The third kappa shape index (κ3) is 4.00. The van der Waals surface area contributed by atoms with Crippen LogP contribution in [0.4, 0.5) is 0 Å². The van der Waals surface area contributed by atoms with Gasteiger partial charge in [-0.1, -0.05) is 27.7 Å². The first-order valence-electron chi connectivity index (χ1n) is 11.0. The highest BCUT2D eigenvalue weighted by Crippen LogP contribution is 2.51. The van der Waals surface area contributed by atoms with E-state index in [1.54, 1.807) is 6.08 Å². The van der Waals surface area contributed by atoms with E-state index in [2.05, 4.69) is 0 Å². The molecule has 4 aliphatic rings. The third-order valence-corrected chi connectivity index (χ3v) is 6.82. The Balaban J connectivity index is 1.73. The van der Waals surface area contributed by atoms with E-state index in [0.29, 0.717) is 12.0 Å². The van der Waals surface area contributed by atoms with E-state index in [-0.39, 0.29) is 35.6 Å². The first-order valence-corrected chi connectivity index (χ1v) is 11.0. The minimum absolute atomic E-state index is 0.230. The molecule has 0 amide bonds. The Labute approximate surface area is 183 Å². The number of likely N-dealkylation sites (N-methyl/N-ethyl adjacent to an activating group) is 1. The Hall–Kier alpha value is -1.93. The molecule has 0 saturated carbocycles. The SMILES string of the molecule is CC1C(=O)OC2CC3(C)OC3C(OC(=O)CC(C)(C)C)C(N(C)C)C3=CC(OC3=O)C21. The van der Waals surface area contributed by atoms with Crippen LogP contribution in [0.5, 0.6) is 0 Å². The van der Waals surface area contributed by atoms with Crippen LogP contribution >= 0.6 is 0 Å². The zero-order valence-electron chi connectivity index (χ0n) is 19.3. The second kappa shape index (κ2) is 7.30. The summed E-state index contributed by atoms with van der Waals surface area (Å²) in [6.45, 7) is 9.68. The number of hydrogen-bond donors (Lipinski definition) is 0. The number of carbonyl (C=O) groups excluding carboxylic acids is 3. The molecule has 8 nitrogen and oxygen atoms in total. The highest BCUT2D eigenvalue weighted by Gasteiger charge is 2.65. The van der Waals surface area contributed by atoms with Crippen molar-refractivity contribution in [1.29, 1.82) is 0 Å².